The fraction of sp³-hybridized carbons (Fsp3) is 0.875. The molecule has 0 heterocycles. The Bertz CT molecular complexity index is 166. The fourth-order valence-electron chi connectivity index (χ4n) is 1.66. The summed E-state index contributed by atoms with van der Waals surface area (Å²) in [5.74, 6) is 0.238. The molecule has 2 atom stereocenters. The Morgan fingerprint density at radius 2 is 2.17 bits per heavy atom. The Balaban J connectivity index is 2.40. The lowest BCUT2D eigenvalue weighted by Gasteiger charge is -2.25. The molecule has 0 radical (unpaired) electrons. The van der Waals surface area contributed by atoms with Crippen LogP contribution in [0.3, 0.4) is 0 Å². The third kappa shape index (κ3) is 2.93. The van der Waals surface area contributed by atoms with E-state index in [-0.39, 0.29) is 5.96 Å². The number of rotatable bonds is 2. The molecular formula is C8H17N3S. The van der Waals surface area contributed by atoms with Gasteiger partial charge in [0.05, 0.1) is 6.04 Å². The van der Waals surface area contributed by atoms with E-state index in [0.29, 0.717) is 6.04 Å². The predicted molar refractivity (Wildman–Crippen MR) is 55.4 cm³/mol. The molecule has 0 saturated heterocycles. The van der Waals surface area contributed by atoms with E-state index in [1.807, 2.05) is 11.8 Å². The average Bonchev–Trinajstić information content (AvgIpc) is 2.03. The number of nitrogens with two attached hydrogens (primary N) is 2. The van der Waals surface area contributed by atoms with Crippen molar-refractivity contribution in [1.82, 2.24) is 0 Å². The van der Waals surface area contributed by atoms with Crippen molar-refractivity contribution in [2.45, 2.75) is 37.0 Å². The van der Waals surface area contributed by atoms with E-state index >= 15 is 0 Å². The van der Waals surface area contributed by atoms with Gasteiger partial charge in [-0.25, -0.2) is 0 Å². The number of hydrogen-bond donors (Lipinski definition) is 2. The minimum absolute atomic E-state index is 0.238. The van der Waals surface area contributed by atoms with Crippen LogP contribution in [0.15, 0.2) is 4.99 Å². The van der Waals surface area contributed by atoms with Crippen molar-refractivity contribution in [1.29, 1.82) is 0 Å². The van der Waals surface area contributed by atoms with Crippen LogP contribution in [0.25, 0.3) is 0 Å². The molecule has 0 aromatic carbocycles. The van der Waals surface area contributed by atoms with E-state index < -0.39 is 0 Å². The highest BCUT2D eigenvalue weighted by Crippen LogP contribution is 2.28. The molecule has 12 heavy (non-hydrogen) atoms. The van der Waals surface area contributed by atoms with Crippen LogP contribution in [0.2, 0.25) is 0 Å². The predicted octanol–water partition coefficient (Wildman–Crippen LogP) is 0.934. The lowest BCUT2D eigenvalue weighted by Crippen LogP contribution is -2.28. The first-order chi connectivity index (χ1) is 5.72. The summed E-state index contributed by atoms with van der Waals surface area (Å²) in [5, 5.41) is 0.756. The molecular weight excluding hydrogens is 170 g/mol. The lowest BCUT2D eigenvalue weighted by atomic mass is 9.95. The maximum Gasteiger partial charge on any atom is 0.186 e. The summed E-state index contributed by atoms with van der Waals surface area (Å²) in [6, 6.07) is 0.376. The van der Waals surface area contributed by atoms with Gasteiger partial charge < -0.3 is 11.5 Å². The maximum absolute atomic E-state index is 5.33. The van der Waals surface area contributed by atoms with E-state index in [4.69, 9.17) is 11.5 Å². The van der Waals surface area contributed by atoms with Crippen molar-refractivity contribution in [2.24, 2.45) is 16.5 Å². The van der Waals surface area contributed by atoms with E-state index in [9.17, 15) is 0 Å². The van der Waals surface area contributed by atoms with Gasteiger partial charge in [0.25, 0.3) is 0 Å². The summed E-state index contributed by atoms with van der Waals surface area (Å²) in [6.07, 6.45) is 7.02. The van der Waals surface area contributed by atoms with Crippen molar-refractivity contribution in [3.63, 3.8) is 0 Å². The largest absolute Gasteiger partial charge is 0.370 e. The van der Waals surface area contributed by atoms with Gasteiger partial charge in [-0.2, -0.15) is 11.8 Å². The molecule has 4 N–H and O–H groups in total. The van der Waals surface area contributed by atoms with Crippen LogP contribution in [0, 0.1) is 0 Å². The Morgan fingerprint density at radius 1 is 1.42 bits per heavy atom. The fourth-order valence-corrected chi connectivity index (χ4v) is 2.48. The molecule has 0 bridgehead atoms. The van der Waals surface area contributed by atoms with Gasteiger partial charge in [0.2, 0.25) is 0 Å². The average molecular weight is 187 g/mol. The van der Waals surface area contributed by atoms with Crippen LogP contribution < -0.4 is 11.5 Å². The first kappa shape index (κ1) is 9.71. The normalized spacial score (nSPS) is 29.8. The summed E-state index contributed by atoms with van der Waals surface area (Å²) >= 11 is 1.93. The zero-order valence-electron chi connectivity index (χ0n) is 7.49. The zero-order chi connectivity index (χ0) is 8.97. The SMILES string of the molecule is CSC1CCCC(N=C(N)N)C1. The summed E-state index contributed by atoms with van der Waals surface area (Å²) < 4.78 is 0. The molecule has 0 aromatic rings. The van der Waals surface area contributed by atoms with E-state index in [2.05, 4.69) is 11.2 Å². The Morgan fingerprint density at radius 3 is 2.75 bits per heavy atom. The van der Waals surface area contributed by atoms with Gasteiger partial charge in [-0.1, -0.05) is 6.42 Å². The van der Waals surface area contributed by atoms with E-state index in [0.717, 1.165) is 18.1 Å². The van der Waals surface area contributed by atoms with Gasteiger partial charge in [0, 0.05) is 5.25 Å². The molecule has 0 aliphatic heterocycles. The van der Waals surface area contributed by atoms with Crippen molar-refractivity contribution < 1.29 is 0 Å². The summed E-state index contributed by atoms with van der Waals surface area (Å²) in [5.41, 5.74) is 10.7. The number of hydrogen-bond acceptors (Lipinski definition) is 2. The summed E-state index contributed by atoms with van der Waals surface area (Å²) in [6.45, 7) is 0. The Kier molecular flexibility index (Phi) is 3.72. The smallest absolute Gasteiger partial charge is 0.186 e. The van der Waals surface area contributed by atoms with E-state index in [1.165, 1.54) is 12.8 Å². The van der Waals surface area contributed by atoms with Gasteiger partial charge in [-0.05, 0) is 25.5 Å². The van der Waals surface area contributed by atoms with Gasteiger partial charge in [0.15, 0.2) is 5.96 Å². The van der Waals surface area contributed by atoms with Gasteiger partial charge in [-0.15, -0.1) is 0 Å². The Labute approximate surface area is 78.0 Å². The lowest BCUT2D eigenvalue weighted by molar-refractivity contribution is 0.453. The maximum atomic E-state index is 5.33. The molecule has 1 rings (SSSR count). The molecule has 1 aliphatic rings. The third-order valence-corrected chi connectivity index (χ3v) is 3.36. The number of nitrogens with zero attached hydrogens (tertiary/aromatic N) is 1. The molecule has 1 saturated carbocycles. The van der Waals surface area contributed by atoms with Crippen molar-refractivity contribution in [3.8, 4) is 0 Å². The van der Waals surface area contributed by atoms with Crippen molar-refractivity contribution in [2.75, 3.05) is 6.26 Å². The van der Waals surface area contributed by atoms with Crippen LogP contribution in [0.4, 0.5) is 0 Å². The first-order valence-electron chi connectivity index (χ1n) is 4.34. The zero-order valence-corrected chi connectivity index (χ0v) is 8.31. The highest BCUT2D eigenvalue weighted by atomic mass is 32.2. The number of aliphatic imine (C=N–C) groups is 1. The molecule has 3 nitrogen and oxygen atoms in total. The first-order valence-corrected chi connectivity index (χ1v) is 5.62. The minimum Gasteiger partial charge on any atom is -0.370 e. The van der Waals surface area contributed by atoms with Gasteiger partial charge in [-0.3, -0.25) is 4.99 Å². The highest BCUT2D eigenvalue weighted by molar-refractivity contribution is 7.99. The summed E-state index contributed by atoms with van der Waals surface area (Å²) in [7, 11) is 0. The minimum atomic E-state index is 0.238. The van der Waals surface area contributed by atoms with Crippen LogP contribution in [0.5, 0.6) is 0 Å². The number of thioether (sulfide) groups is 1. The molecule has 0 aromatic heterocycles. The molecule has 4 heteroatoms. The highest BCUT2D eigenvalue weighted by Gasteiger charge is 2.20. The number of guanidine groups is 1. The Hall–Kier alpha value is -0.380. The second-order valence-electron chi connectivity index (χ2n) is 3.23. The molecule has 70 valence electrons. The molecule has 1 aliphatic carbocycles. The third-order valence-electron chi connectivity index (χ3n) is 2.26. The topological polar surface area (TPSA) is 64.4 Å². The van der Waals surface area contributed by atoms with Crippen LogP contribution in [-0.4, -0.2) is 23.5 Å². The van der Waals surface area contributed by atoms with E-state index in [1.54, 1.807) is 0 Å². The van der Waals surface area contributed by atoms with Crippen LogP contribution in [0.1, 0.15) is 25.7 Å². The quantitative estimate of drug-likeness (QED) is 0.499. The monoisotopic (exact) mass is 187 g/mol. The summed E-state index contributed by atoms with van der Waals surface area (Å²) in [4.78, 5) is 4.19. The molecule has 0 amide bonds. The van der Waals surface area contributed by atoms with Crippen molar-refractivity contribution in [3.05, 3.63) is 0 Å². The van der Waals surface area contributed by atoms with Crippen LogP contribution >= 0.6 is 11.8 Å². The van der Waals surface area contributed by atoms with Crippen molar-refractivity contribution >= 4 is 17.7 Å². The second kappa shape index (κ2) is 4.60. The van der Waals surface area contributed by atoms with Crippen LogP contribution in [-0.2, 0) is 0 Å². The molecule has 1 fully saturated rings. The molecule has 0 spiro atoms. The second-order valence-corrected chi connectivity index (χ2v) is 4.37. The standard InChI is InChI=1S/C8H17N3S/c1-12-7-4-2-3-6(5-7)11-8(9)10/h6-7H,2-5H2,1H3,(H4,9,10,11). The molecule has 2 unspecified atom stereocenters. The van der Waals surface area contributed by atoms with Gasteiger partial charge in [0.1, 0.15) is 0 Å². The van der Waals surface area contributed by atoms with Gasteiger partial charge >= 0.3 is 0 Å².